The number of hydrogen-bond donors (Lipinski definition) is 3. The number of aryl methyl sites for hydroxylation is 1. The third-order valence-corrected chi connectivity index (χ3v) is 3.61. The van der Waals surface area contributed by atoms with Crippen LogP contribution in [0.15, 0.2) is 18.2 Å². The number of carbonyl (C=O) groups is 2. The summed E-state index contributed by atoms with van der Waals surface area (Å²) in [6.45, 7) is 2.45. The number of nitrogens with two attached hydrogens (primary N) is 1. The molecule has 2 amide bonds. The molecule has 1 unspecified atom stereocenters. The van der Waals surface area contributed by atoms with Crippen LogP contribution < -0.4 is 16.6 Å². The maximum atomic E-state index is 12.2. The third-order valence-electron chi connectivity index (χ3n) is 3.61. The van der Waals surface area contributed by atoms with Crippen LogP contribution in [0, 0.1) is 6.92 Å². The number of hydrogen-bond acceptors (Lipinski definition) is 4. The highest BCUT2D eigenvalue weighted by Crippen LogP contribution is 2.16. The van der Waals surface area contributed by atoms with Gasteiger partial charge < -0.3 is 15.6 Å². The summed E-state index contributed by atoms with van der Waals surface area (Å²) in [6, 6.07) is 5.32. The van der Waals surface area contributed by atoms with Gasteiger partial charge in [0.2, 0.25) is 5.91 Å². The number of likely N-dealkylation sites (tertiary alicyclic amines) is 1. The summed E-state index contributed by atoms with van der Waals surface area (Å²) in [6.07, 6.45) is 1.17. The quantitative estimate of drug-likeness (QED) is 0.558. The second-order valence-corrected chi connectivity index (χ2v) is 5.16. The predicted molar refractivity (Wildman–Crippen MR) is 77.1 cm³/mol. The fraction of sp³-hybridized carbons (Fsp3) is 0.429. The Morgan fingerprint density at radius 3 is 2.80 bits per heavy atom. The van der Waals surface area contributed by atoms with Gasteiger partial charge in [-0.1, -0.05) is 0 Å². The molecule has 1 atom stereocenters. The molecule has 20 heavy (non-hydrogen) atoms. The Morgan fingerprint density at radius 2 is 2.20 bits per heavy atom. The van der Waals surface area contributed by atoms with Crippen molar-refractivity contribution in [1.29, 1.82) is 0 Å². The number of benzene rings is 1. The van der Waals surface area contributed by atoms with Crippen LogP contribution >= 0.6 is 0 Å². The van der Waals surface area contributed by atoms with Crippen molar-refractivity contribution >= 4 is 17.5 Å². The minimum absolute atomic E-state index is 0.0119. The monoisotopic (exact) mass is 276 g/mol. The topological polar surface area (TPSA) is 87.5 Å². The minimum atomic E-state index is -0.121. The van der Waals surface area contributed by atoms with Gasteiger partial charge in [-0.15, -0.1) is 0 Å². The number of piperidine rings is 1. The molecule has 1 aliphatic heterocycles. The van der Waals surface area contributed by atoms with E-state index in [1.54, 1.807) is 30.1 Å². The molecular weight excluding hydrogens is 256 g/mol. The largest absolute Gasteiger partial charge is 0.348 e. The fourth-order valence-electron chi connectivity index (χ4n) is 2.37. The number of anilines is 1. The van der Waals surface area contributed by atoms with Crippen molar-refractivity contribution in [3.05, 3.63) is 29.3 Å². The van der Waals surface area contributed by atoms with Gasteiger partial charge >= 0.3 is 0 Å². The van der Waals surface area contributed by atoms with E-state index >= 15 is 0 Å². The molecule has 1 saturated heterocycles. The lowest BCUT2D eigenvalue weighted by Gasteiger charge is -2.30. The van der Waals surface area contributed by atoms with Crippen LogP contribution in [0.2, 0.25) is 0 Å². The van der Waals surface area contributed by atoms with Crippen molar-refractivity contribution in [1.82, 2.24) is 10.2 Å². The number of carbonyl (C=O) groups excluding carboxylic acids is 2. The van der Waals surface area contributed by atoms with E-state index in [-0.39, 0.29) is 17.9 Å². The molecule has 0 radical (unpaired) electrons. The number of nitrogen functional groups attached to an aromatic ring is 1. The molecule has 1 fully saturated rings. The molecule has 0 aromatic heterocycles. The molecule has 0 spiro atoms. The Hall–Kier alpha value is -2.08. The summed E-state index contributed by atoms with van der Waals surface area (Å²) in [5.74, 6) is 5.38. The van der Waals surface area contributed by atoms with Crippen LogP contribution in [-0.2, 0) is 4.79 Å². The van der Waals surface area contributed by atoms with E-state index < -0.39 is 0 Å². The number of nitrogens with zero attached hydrogens (tertiary/aromatic N) is 1. The molecule has 4 N–H and O–H groups in total. The van der Waals surface area contributed by atoms with E-state index in [1.165, 1.54) is 0 Å². The first-order chi connectivity index (χ1) is 9.51. The first-order valence-corrected chi connectivity index (χ1v) is 6.63. The van der Waals surface area contributed by atoms with E-state index in [2.05, 4.69) is 10.7 Å². The zero-order chi connectivity index (χ0) is 14.7. The molecule has 1 heterocycles. The first kappa shape index (κ1) is 14.3. The maximum absolute atomic E-state index is 12.2. The van der Waals surface area contributed by atoms with Gasteiger partial charge in [-0.25, -0.2) is 0 Å². The van der Waals surface area contributed by atoms with Crippen LogP contribution in [-0.4, -0.2) is 36.3 Å². The Morgan fingerprint density at radius 1 is 1.45 bits per heavy atom. The highest BCUT2D eigenvalue weighted by atomic mass is 16.2. The molecule has 2 rings (SSSR count). The highest BCUT2D eigenvalue weighted by Gasteiger charge is 2.24. The molecule has 0 aliphatic carbocycles. The summed E-state index contributed by atoms with van der Waals surface area (Å²) in [5, 5.41) is 2.97. The Bertz CT molecular complexity index is 530. The lowest BCUT2D eigenvalue weighted by Crippen LogP contribution is -2.48. The van der Waals surface area contributed by atoms with Gasteiger partial charge in [-0.05, 0) is 37.1 Å². The molecule has 108 valence electrons. The van der Waals surface area contributed by atoms with Crippen molar-refractivity contribution in [2.45, 2.75) is 25.8 Å². The van der Waals surface area contributed by atoms with Crippen LogP contribution in [0.3, 0.4) is 0 Å². The van der Waals surface area contributed by atoms with Gasteiger partial charge in [0, 0.05) is 31.6 Å². The average molecular weight is 276 g/mol. The molecular formula is C14H20N4O2. The van der Waals surface area contributed by atoms with Crippen LogP contribution in [0.25, 0.3) is 0 Å². The van der Waals surface area contributed by atoms with Gasteiger partial charge in [0.1, 0.15) is 0 Å². The van der Waals surface area contributed by atoms with Crippen LogP contribution in [0.1, 0.15) is 28.8 Å². The van der Waals surface area contributed by atoms with Crippen molar-refractivity contribution in [2.24, 2.45) is 5.84 Å². The standard InChI is InChI=1S/C14H20N4O2/c1-9-7-10(3-5-12(9)17-15)14(20)16-11-4-6-13(19)18(2)8-11/h3,5,7,11,17H,4,6,8,15H2,1-2H3,(H,16,20). The summed E-state index contributed by atoms with van der Waals surface area (Å²) in [7, 11) is 1.76. The van der Waals surface area contributed by atoms with E-state index in [0.29, 0.717) is 24.9 Å². The molecule has 6 nitrogen and oxygen atoms in total. The predicted octanol–water partition coefficient (Wildman–Crippen LogP) is 0.631. The summed E-state index contributed by atoms with van der Waals surface area (Å²) >= 11 is 0. The number of nitrogens with one attached hydrogen (secondary N) is 2. The number of hydrazine groups is 1. The Labute approximate surface area is 118 Å². The van der Waals surface area contributed by atoms with Crippen LogP contribution in [0.4, 0.5) is 5.69 Å². The number of likely N-dealkylation sites (N-methyl/N-ethyl adjacent to an activating group) is 1. The summed E-state index contributed by atoms with van der Waals surface area (Å²) in [4.78, 5) is 25.2. The third kappa shape index (κ3) is 3.08. The van der Waals surface area contributed by atoms with Crippen molar-refractivity contribution < 1.29 is 9.59 Å². The molecule has 1 aromatic rings. The Kier molecular flexibility index (Phi) is 4.24. The number of amides is 2. The number of rotatable bonds is 3. The SMILES string of the molecule is Cc1cc(C(=O)NC2CCC(=O)N(C)C2)ccc1NN. The van der Waals surface area contributed by atoms with Gasteiger partial charge in [-0.3, -0.25) is 15.4 Å². The first-order valence-electron chi connectivity index (χ1n) is 6.63. The lowest BCUT2D eigenvalue weighted by molar-refractivity contribution is -0.132. The normalized spacial score (nSPS) is 18.9. The molecule has 0 bridgehead atoms. The molecule has 1 aliphatic rings. The van der Waals surface area contributed by atoms with Gasteiger partial charge in [0.05, 0.1) is 5.69 Å². The van der Waals surface area contributed by atoms with E-state index in [0.717, 1.165) is 11.3 Å². The zero-order valence-electron chi connectivity index (χ0n) is 11.8. The van der Waals surface area contributed by atoms with Crippen molar-refractivity contribution in [2.75, 3.05) is 19.0 Å². The minimum Gasteiger partial charge on any atom is -0.348 e. The van der Waals surface area contributed by atoms with Gasteiger partial charge in [0.25, 0.3) is 5.91 Å². The highest BCUT2D eigenvalue weighted by molar-refractivity contribution is 5.95. The summed E-state index contributed by atoms with van der Waals surface area (Å²) < 4.78 is 0. The van der Waals surface area contributed by atoms with Gasteiger partial charge in [0.15, 0.2) is 0 Å². The van der Waals surface area contributed by atoms with E-state index in [1.807, 2.05) is 6.92 Å². The lowest BCUT2D eigenvalue weighted by atomic mass is 10.0. The van der Waals surface area contributed by atoms with E-state index in [4.69, 9.17) is 5.84 Å². The fourth-order valence-corrected chi connectivity index (χ4v) is 2.37. The smallest absolute Gasteiger partial charge is 0.251 e. The van der Waals surface area contributed by atoms with Crippen molar-refractivity contribution in [3.8, 4) is 0 Å². The second kappa shape index (κ2) is 5.92. The van der Waals surface area contributed by atoms with Gasteiger partial charge in [-0.2, -0.15) is 0 Å². The maximum Gasteiger partial charge on any atom is 0.251 e. The zero-order valence-corrected chi connectivity index (χ0v) is 11.8. The molecule has 0 saturated carbocycles. The summed E-state index contributed by atoms with van der Waals surface area (Å²) in [5.41, 5.74) is 4.88. The van der Waals surface area contributed by atoms with Crippen molar-refractivity contribution in [3.63, 3.8) is 0 Å². The average Bonchev–Trinajstić information content (AvgIpc) is 2.42. The molecule has 1 aromatic carbocycles. The molecule has 6 heteroatoms. The second-order valence-electron chi connectivity index (χ2n) is 5.16. The van der Waals surface area contributed by atoms with Crippen LogP contribution in [0.5, 0.6) is 0 Å². The Balaban J connectivity index is 2.01. The van der Waals surface area contributed by atoms with E-state index in [9.17, 15) is 9.59 Å².